The summed E-state index contributed by atoms with van der Waals surface area (Å²) in [4.78, 5) is 0. The molecule has 1 aliphatic carbocycles. The zero-order valence-corrected chi connectivity index (χ0v) is 28.3. The lowest BCUT2D eigenvalue weighted by molar-refractivity contribution is 0.394. The quantitative estimate of drug-likeness (QED) is 0.142. The number of aromatic nitrogens is 2. The molecule has 5 aromatic carbocycles. The van der Waals surface area contributed by atoms with Gasteiger partial charge in [0.2, 0.25) is 0 Å². The molecule has 7 aromatic rings. The molecule has 0 saturated heterocycles. The van der Waals surface area contributed by atoms with Crippen molar-refractivity contribution in [3.8, 4) is 12.3 Å². The molecule has 0 unspecified atom stereocenters. The van der Waals surface area contributed by atoms with E-state index in [0.717, 1.165) is 44.3 Å². The van der Waals surface area contributed by atoms with Gasteiger partial charge >= 0.3 is 0 Å². The SMILES string of the molecule is C#CC1=C(C=C(C)C)C(CCCn2c3ccccc3c3ccccc32)(CCCn2c3ccccc3c3ccccc32)c2cc(C)ccc21. The van der Waals surface area contributed by atoms with Gasteiger partial charge in [0.05, 0.1) is 0 Å². The largest absolute Gasteiger partial charge is 0.340 e. The van der Waals surface area contributed by atoms with E-state index in [1.807, 2.05) is 0 Å². The van der Waals surface area contributed by atoms with Crippen LogP contribution in [-0.2, 0) is 18.5 Å². The van der Waals surface area contributed by atoms with Gasteiger partial charge in [-0.3, -0.25) is 0 Å². The predicted octanol–water partition coefficient (Wildman–Crippen LogP) is 11.8. The van der Waals surface area contributed by atoms with Gasteiger partial charge in [-0.15, -0.1) is 6.42 Å². The van der Waals surface area contributed by atoms with Gasteiger partial charge in [-0.2, -0.15) is 0 Å². The molecule has 0 saturated carbocycles. The average Bonchev–Trinajstić information content (AvgIpc) is 3.69. The molecule has 48 heavy (non-hydrogen) atoms. The fraction of sp³-hybridized carbons (Fsp3) is 0.217. The maximum Gasteiger partial charge on any atom is 0.0491 e. The van der Waals surface area contributed by atoms with Crippen LogP contribution in [0.3, 0.4) is 0 Å². The van der Waals surface area contributed by atoms with E-state index in [4.69, 9.17) is 6.42 Å². The van der Waals surface area contributed by atoms with Gasteiger partial charge in [0, 0.05) is 67.7 Å². The molecule has 0 radical (unpaired) electrons. The Morgan fingerprint density at radius 2 is 1.08 bits per heavy atom. The summed E-state index contributed by atoms with van der Waals surface area (Å²) in [6.45, 7) is 8.54. The van der Waals surface area contributed by atoms with E-state index in [1.54, 1.807) is 0 Å². The van der Waals surface area contributed by atoms with Crippen LogP contribution in [0.4, 0.5) is 0 Å². The Bertz CT molecular complexity index is 2220. The van der Waals surface area contributed by atoms with Gasteiger partial charge in [-0.1, -0.05) is 114 Å². The molecule has 0 spiro atoms. The summed E-state index contributed by atoms with van der Waals surface area (Å²) in [5.41, 5.74) is 12.7. The first-order valence-corrected chi connectivity index (χ1v) is 17.4. The van der Waals surface area contributed by atoms with Crippen LogP contribution in [0.25, 0.3) is 49.2 Å². The summed E-state index contributed by atoms with van der Waals surface area (Å²) in [6, 6.07) is 42.3. The number of benzene rings is 5. The number of rotatable bonds is 9. The van der Waals surface area contributed by atoms with E-state index in [2.05, 4.69) is 157 Å². The Morgan fingerprint density at radius 1 is 0.646 bits per heavy atom. The first-order valence-electron chi connectivity index (χ1n) is 17.4. The van der Waals surface area contributed by atoms with Crippen molar-refractivity contribution in [3.05, 3.63) is 149 Å². The number of para-hydroxylation sites is 4. The van der Waals surface area contributed by atoms with Crippen molar-refractivity contribution >= 4 is 49.2 Å². The van der Waals surface area contributed by atoms with Crippen LogP contribution in [0.5, 0.6) is 0 Å². The lowest BCUT2D eigenvalue weighted by Crippen LogP contribution is -2.28. The lowest BCUT2D eigenvalue weighted by Gasteiger charge is -2.34. The smallest absolute Gasteiger partial charge is 0.0491 e. The van der Waals surface area contributed by atoms with E-state index in [9.17, 15) is 0 Å². The minimum absolute atomic E-state index is 0.169. The van der Waals surface area contributed by atoms with Crippen molar-refractivity contribution < 1.29 is 0 Å². The van der Waals surface area contributed by atoms with Crippen LogP contribution in [0.15, 0.2) is 132 Å². The number of nitrogens with zero attached hydrogens (tertiary/aromatic N) is 2. The molecule has 2 aromatic heterocycles. The molecule has 0 aliphatic heterocycles. The third-order valence-corrected chi connectivity index (χ3v) is 10.7. The van der Waals surface area contributed by atoms with Crippen molar-refractivity contribution in [1.29, 1.82) is 0 Å². The van der Waals surface area contributed by atoms with E-state index < -0.39 is 0 Å². The van der Waals surface area contributed by atoms with Crippen LogP contribution >= 0.6 is 0 Å². The highest BCUT2D eigenvalue weighted by Gasteiger charge is 2.43. The van der Waals surface area contributed by atoms with Crippen molar-refractivity contribution in [1.82, 2.24) is 9.13 Å². The number of fused-ring (bicyclic) bond motifs is 7. The molecule has 0 bridgehead atoms. The second kappa shape index (κ2) is 12.1. The van der Waals surface area contributed by atoms with Crippen LogP contribution in [0, 0.1) is 19.3 Å². The van der Waals surface area contributed by atoms with Gasteiger partial charge < -0.3 is 9.13 Å². The van der Waals surface area contributed by atoms with Crippen molar-refractivity contribution in [2.24, 2.45) is 0 Å². The first-order chi connectivity index (χ1) is 23.5. The van der Waals surface area contributed by atoms with E-state index in [1.165, 1.54) is 71.4 Å². The molecule has 236 valence electrons. The summed E-state index contributed by atoms with van der Waals surface area (Å²) in [7, 11) is 0. The zero-order chi connectivity index (χ0) is 32.8. The maximum absolute atomic E-state index is 6.39. The molecule has 1 aliphatic rings. The maximum atomic E-state index is 6.39. The van der Waals surface area contributed by atoms with E-state index in [0.29, 0.717) is 0 Å². The topological polar surface area (TPSA) is 9.86 Å². The second-order valence-corrected chi connectivity index (χ2v) is 13.9. The van der Waals surface area contributed by atoms with Crippen LogP contribution in [0.1, 0.15) is 56.2 Å². The fourth-order valence-corrected chi connectivity index (χ4v) is 8.69. The van der Waals surface area contributed by atoms with Crippen molar-refractivity contribution in [2.75, 3.05) is 0 Å². The lowest BCUT2D eigenvalue weighted by atomic mass is 9.69. The molecule has 0 atom stereocenters. The number of aryl methyl sites for hydroxylation is 3. The molecule has 8 rings (SSSR count). The summed E-state index contributed by atoms with van der Waals surface area (Å²) in [6.07, 6.45) is 12.9. The predicted molar refractivity (Wildman–Crippen MR) is 205 cm³/mol. The second-order valence-electron chi connectivity index (χ2n) is 13.9. The summed E-state index contributed by atoms with van der Waals surface area (Å²) < 4.78 is 5.07. The molecule has 0 amide bonds. The normalized spacial score (nSPS) is 13.9. The van der Waals surface area contributed by atoms with Crippen LogP contribution < -0.4 is 0 Å². The van der Waals surface area contributed by atoms with Gasteiger partial charge in [0.1, 0.15) is 0 Å². The molecule has 2 nitrogen and oxygen atoms in total. The monoisotopic (exact) mass is 622 g/mol. The zero-order valence-electron chi connectivity index (χ0n) is 28.3. The highest BCUT2D eigenvalue weighted by atomic mass is 15.0. The molecule has 0 N–H and O–H groups in total. The Labute approximate surface area is 284 Å². The molecule has 2 heteroatoms. The van der Waals surface area contributed by atoms with E-state index in [-0.39, 0.29) is 5.41 Å². The molecule has 2 heterocycles. The summed E-state index contributed by atoms with van der Waals surface area (Å²) in [5.74, 6) is 3.18. The van der Waals surface area contributed by atoms with Crippen LogP contribution in [0.2, 0.25) is 0 Å². The molecular weight excluding hydrogens is 581 g/mol. The van der Waals surface area contributed by atoms with Gasteiger partial charge in [0.15, 0.2) is 0 Å². The van der Waals surface area contributed by atoms with Gasteiger partial charge in [-0.05, 0) is 87.4 Å². The Balaban J connectivity index is 1.21. The highest BCUT2D eigenvalue weighted by molar-refractivity contribution is 6.08. The van der Waals surface area contributed by atoms with Gasteiger partial charge in [0.25, 0.3) is 0 Å². The first kappa shape index (κ1) is 30.1. The average molecular weight is 623 g/mol. The third-order valence-electron chi connectivity index (χ3n) is 10.7. The minimum atomic E-state index is -0.169. The van der Waals surface area contributed by atoms with Crippen LogP contribution in [-0.4, -0.2) is 9.13 Å². The van der Waals surface area contributed by atoms with Crippen molar-refractivity contribution in [2.45, 2.75) is 65.0 Å². The Kier molecular flexibility index (Phi) is 7.57. The standard InChI is InChI=1S/C46H42N2/c1-5-34-35-25-24-33(4)31-41(35)46(40(34)30-32(2)3,26-14-28-47-42-20-10-6-16-36(42)37-17-7-11-21-43(37)47)27-15-29-48-44-22-12-8-18-38(44)39-19-9-13-23-45(39)48/h1,6-13,16-25,30-31H,14-15,26-29H2,2-4H3. The molecular formula is C46H42N2. The number of terminal acetylenes is 1. The minimum Gasteiger partial charge on any atom is -0.340 e. The Morgan fingerprint density at radius 3 is 1.50 bits per heavy atom. The van der Waals surface area contributed by atoms with Gasteiger partial charge in [-0.25, -0.2) is 0 Å². The highest BCUT2D eigenvalue weighted by Crippen LogP contribution is 2.53. The number of hydrogen-bond acceptors (Lipinski definition) is 0. The Hall–Kier alpha value is -5.26. The molecule has 0 fully saturated rings. The van der Waals surface area contributed by atoms with Crippen molar-refractivity contribution in [3.63, 3.8) is 0 Å². The number of allylic oxidation sites excluding steroid dienone is 4. The fourth-order valence-electron chi connectivity index (χ4n) is 8.69. The summed E-state index contributed by atoms with van der Waals surface area (Å²) >= 11 is 0. The third kappa shape index (κ3) is 4.80. The van der Waals surface area contributed by atoms with E-state index >= 15 is 0 Å². The number of hydrogen-bond donors (Lipinski definition) is 0. The summed E-state index contributed by atoms with van der Waals surface area (Å²) in [5, 5.41) is 5.32.